The molecule has 1 aromatic heterocycles. The first-order valence-corrected chi connectivity index (χ1v) is 12.2. The Morgan fingerprint density at radius 1 is 1.26 bits per heavy atom. The van der Waals surface area contributed by atoms with Gasteiger partial charge in [-0.1, -0.05) is 22.9 Å². The van der Waals surface area contributed by atoms with Crippen molar-refractivity contribution in [1.29, 1.82) is 0 Å². The summed E-state index contributed by atoms with van der Waals surface area (Å²) in [5.41, 5.74) is 3.36. The highest BCUT2D eigenvalue weighted by Crippen LogP contribution is 2.16. The predicted molar refractivity (Wildman–Crippen MR) is 123 cm³/mol. The van der Waals surface area contributed by atoms with E-state index >= 15 is 0 Å². The second-order valence-electron chi connectivity index (χ2n) is 8.27. The molecule has 2 heterocycles. The summed E-state index contributed by atoms with van der Waals surface area (Å²) in [6, 6.07) is 3.17. The van der Waals surface area contributed by atoms with Crippen molar-refractivity contribution < 1.29 is 33.6 Å². The summed E-state index contributed by atoms with van der Waals surface area (Å²) in [5, 5.41) is 53.6. The molecule has 1 aliphatic heterocycles. The van der Waals surface area contributed by atoms with Crippen molar-refractivity contribution in [1.82, 2.24) is 30.5 Å². The zero-order valence-corrected chi connectivity index (χ0v) is 19.9. The molecule has 14 nitrogen and oxygen atoms in total. The molecule has 0 bridgehead atoms. The van der Waals surface area contributed by atoms with Gasteiger partial charge in [0, 0.05) is 0 Å². The van der Waals surface area contributed by atoms with E-state index in [2.05, 4.69) is 30.9 Å². The molecule has 15 heteroatoms. The van der Waals surface area contributed by atoms with Crippen LogP contribution in [0.5, 0.6) is 0 Å². The third kappa shape index (κ3) is 6.46. The van der Waals surface area contributed by atoms with Crippen LogP contribution in [-0.4, -0.2) is 99.0 Å². The Labute approximate surface area is 201 Å². The number of rotatable bonds is 10. The molecule has 3 rings (SSSR count). The number of hydrazone groups is 1. The maximum Gasteiger partial charge on any atom is 0.260 e. The van der Waals surface area contributed by atoms with Crippen molar-refractivity contribution in [2.75, 3.05) is 6.61 Å². The summed E-state index contributed by atoms with van der Waals surface area (Å²) in [6.45, 7) is 2.79. The average molecular weight is 512 g/mol. The van der Waals surface area contributed by atoms with Gasteiger partial charge in [-0.15, -0.1) is 5.10 Å². The van der Waals surface area contributed by atoms with Crippen LogP contribution in [0.2, 0.25) is 0 Å². The van der Waals surface area contributed by atoms with E-state index in [1.807, 2.05) is 0 Å². The predicted octanol–water partition coefficient (Wildman–Crippen LogP) is -3.18. The fraction of sp³-hybridized carbons (Fsp3) is 0.500. The summed E-state index contributed by atoms with van der Waals surface area (Å²) in [7, 11) is -4.09. The molecule has 192 valence electrons. The number of carbonyl (C=O) groups excluding carboxylic acids is 1. The number of sulfonamides is 1. The second-order valence-corrected chi connectivity index (χ2v) is 9.99. The number of aromatic nitrogens is 3. The smallest absolute Gasteiger partial charge is 0.260 e. The molecule has 1 aromatic carbocycles. The first kappa shape index (κ1) is 26.8. The Balaban J connectivity index is 1.64. The fourth-order valence-corrected chi connectivity index (χ4v) is 4.79. The van der Waals surface area contributed by atoms with Crippen molar-refractivity contribution in [3.8, 4) is 0 Å². The van der Waals surface area contributed by atoms with Gasteiger partial charge in [0.25, 0.3) is 5.91 Å². The van der Waals surface area contributed by atoms with Crippen molar-refractivity contribution in [3.05, 3.63) is 41.7 Å². The molecule has 2 unspecified atom stereocenters. The second kappa shape index (κ2) is 11.3. The minimum Gasteiger partial charge on any atom is -0.395 e. The summed E-state index contributed by atoms with van der Waals surface area (Å²) in [5.74, 6) is -0.896. The molecule has 2 aromatic rings. The Morgan fingerprint density at radius 3 is 2.51 bits per heavy atom. The number of hydrogen-bond donors (Lipinski definition) is 7. The molecule has 1 aliphatic rings. The van der Waals surface area contributed by atoms with E-state index in [9.17, 15) is 33.6 Å². The standard InChI is InChI=1S/C20H29N7O7S/c1-11-3-5-14(6-4-11)35(33,34)25-17(12(2)29)20(32)24-21-7-13-8-22-26-27(13)9-15-18(30)19(31)16(10-28)23-15/h3-8,12,15-19,23,25,28-31H,9-10H2,1-2H3,(H,24,32)/b21-7+/t12?,15-,16-,17?,18-,19-/m1/s1. The van der Waals surface area contributed by atoms with E-state index in [0.29, 0.717) is 5.69 Å². The highest BCUT2D eigenvalue weighted by Gasteiger charge is 2.40. The van der Waals surface area contributed by atoms with Crippen LogP contribution in [-0.2, 0) is 21.4 Å². The van der Waals surface area contributed by atoms with E-state index < -0.39 is 52.4 Å². The molecule has 0 saturated carbocycles. The Hall–Kier alpha value is -2.79. The maximum absolute atomic E-state index is 12.6. The number of aryl methyl sites for hydroxylation is 1. The van der Waals surface area contributed by atoms with Gasteiger partial charge in [-0.05, 0) is 26.0 Å². The molecule has 0 aliphatic carbocycles. The van der Waals surface area contributed by atoms with Gasteiger partial charge < -0.3 is 25.7 Å². The molecular weight excluding hydrogens is 482 g/mol. The van der Waals surface area contributed by atoms with Crippen LogP contribution < -0.4 is 15.5 Å². The molecule has 1 amide bonds. The van der Waals surface area contributed by atoms with Crippen LogP contribution in [0.3, 0.4) is 0 Å². The average Bonchev–Trinajstić information content (AvgIpc) is 3.36. The van der Waals surface area contributed by atoms with E-state index in [1.165, 1.54) is 36.1 Å². The number of aliphatic hydroxyl groups is 4. The van der Waals surface area contributed by atoms with E-state index in [-0.39, 0.29) is 18.0 Å². The number of hydrogen-bond acceptors (Lipinski definition) is 11. The fourth-order valence-electron chi connectivity index (χ4n) is 3.52. The zero-order chi connectivity index (χ0) is 25.8. The van der Waals surface area contributed by atoms with Crippen LogP contribution in [0.25, 0.3) is 0 Å². The lowest BCUT2D eigenvalue weighted by molar-refractivity contribution is -0.124. The van der Waals surface area contributed by atoms with Gasteiger partial charge in [0.15, 0.2) is 0 Å². The van der Waals surface area contributed by atoms with Crippen LogP contribution in [0.4, 0.5) is 0 Å². The lowest BCUT2D eigenvalue weighted by Gasteiger charge is -2.19. The minimum absolute atomic E-state index is 0.0590. The number of benzene rings is 1. The van der Waals surface area contributed by atoms with Crippen molar-refractivity contribution in [3.63, 3.8) is 0 Å². The molecule has 1 saturated heterocycles. The van der Waals surface area contributed by atoms with Gasteiger partial charge >= 0.3 is 0 Å². The first-order chi connectivity index (χ1) is 16.5. The van der Waals surface area contributed by atoms with E-state index in [1.54, 1.807) is 19.1 Å². The highest BCUT2D eigenvalue weighted by atomic mass is 32.2. The summed E-state index contributed by atoms with van der Waals surface area (Å²) in [4.78, 5) is 12.5. The zero-order valence-electron chi connectivity index (χ0n) is 19.1. The third-order valence-electron chi connectivity index (χ3n) is 5.57. The van der Waals surface area contributed by atoms with E-state index in [0.717, 1.165) is 5.56 Å². The largest absolute Gasteiger partial charge is 0.395 e. The van der Waals surface area contributed by atoms with E-state index in [4.69, 9.17) is 0 Å². The molecule has 1 fully saturated rings. The third-order valence-corrected chi connectivity index (χ3v) is 7.02. The topological polar surface area (TPSA) is 211 Å². The number of carbonyl (C=O) groups is 1. The van der Waals surface area contributed by atoms with Crippen molar-refractivity contribution in [2.45, 2.75) is 61.7 Å². The normalized spacial score (nSPS) is 24.5. The van der Waals surface area contributed by atoms with Gasteiger partial charge in [-0.3, -0.25) is 4.79 Å². The minimum atomic E-state index is -4.09. The van der Waals surface area contributed by atoms with Gasteiger partial charge in [-0.2, -0.15) is 9.82 Å². The summed E-state index contributed by atoms with van der Waals surface area (Å²) < 4.78 is 28.7. The lowest BCUT2D eigenvalue weighted by Crippen LogP contribution is -2.51. The lowest BCUT2D eigenvalue weighted by atomic mass is 10.1. The molecule has 7 N–H and O–H groups in total. The molecule has 0 radical (unpaired) electrons. The van der Waals surface area contributed by atoms with Gasteiger partial charge in [0.2, 0.25) is 10.0 Å². The number of amides is 1. The van der Waals surface area contributed by atoms with Gasteiger partial charge in [-0.25, -0.2) is 18.5 Å². The van der Waals surface area contributed by atoms with Crippen LogP contribution in [0, 0.1) is 6.92 Å². The van der Waals surface area contributed by atoms with Gasteiger partial charge in [0.1, 0.15) is 11.7 Å². The number of nitrogens with zero attached hydrogens (tertiary/aromatic N) is 4. The van der Waals surface area contributed by atoms with Crippen LogP contribution in [0.15, 0.2) is 40.5 Å². The molecule has 0 spiro atoms. The van der Waals surface area contributed by atoms with Crippen molar-refractivity contribution >= 4 is 22.1 Å². The Morgan fingerprint density at radius 2 is 1.91 bits per heavy atom. The summed E-state index contributed by atoms with van der Waals surface area (Å²) >= 11 is 0. The molecular formula is C20H29N7O7S. The Bertz CT molecular complexity index is 1140. The number of aliphatic hydroxyl groups excluding tert-OH is 4. The monoisotopic (exact) mass is 511 g/mol. The SMILES string of the molecule is Cc1ccc(S(=O)(=O)NC(C(=O)N/N=C/c2cnnn2C[C@H]2N[C@H](CO)[C@@H](O)[C@@H]2O)C(C)O)cc1. The molecule has 6 atom stereocenters. The van der Waals surface area contributed by atoms with Gasteiger partial charge in [0.05, 0.1) is 60.9 Å². The molecule has 35 heavy (non-hydrogen) atoms. The van der Waals surface area contributed by atoms with Crippen LogP contribution >= 0.6 is 0 Å². The van der Waals surface area contributed by atoms with Crippen molar-refractivity contribution in [2.24, 2.45) is 5.10 Å². The quantitative estimate of drug-likeness (QED) is 0.125. The number of nitrogens with one attached hydrogen (secondary N) is 3. The highest BCUT2D eigenvalue weighted by molar-refractivity contribution is 7.89. The Kier molecular flexibility index (Phi) is 8.65. The first-order valence-electron chi connectivity index (χ1n) is 10.7. The van der Waals surface area contributed by atoms with Crippen LogP contribution in [0.1, 0.15) is 18.2 Å². The summed E-state index contributed by atoms with van der Waals surface area (Å²) in [6.07, 6.45) is -1.12. The maximum atomic E-state index is 12.6.